The zero-order valence-electron chi connectivity index (χ0n) is 16.9. The summed E-state index contributed by atoms with van der Waals surface area (Å²) in [5.74, 6) is 0.889. The van der Waals surface area contributed by atoms with Crippen LogP contribution in [0.5, 0.6) is 0 Å². The van der Waals surface area contributed by atoms with E-state index in [0.717, 1.165) is 35.5 Å². The largest absolute Gasteiger partial charge is 0.416 e. The second-order valence-corrected chi connectivity index (χ2v) is 7.40. The van der Waals surface area contributed by atoms with Gasteiger partial charge in [0.15, 0.2) is 5.65 Å². The number of nitrogens with one attached hydrogen (secondary N) is 1. The highest BCUT2D eigenvalue weighted by atomic mass is 19.4. The maximum absolute atomic E-state index is 12.7. The molecule has 1 aliphatic rings. The molecule has 1 atom stereocenters. The summed E-state index contributed by atoms with van der Waals surface area (Å²) in [6, 6.07) is 7.80. The van der Waals surface area contributed by atoms with Gasteiger partial charge in [0, 0.05) is 44.5 Å². The highest BCUT2D eigenvalue weighted by Crippen LogP contribution is 2.31. The summed E-state index contributed by atoms with van der Waals surface area (Å²) in [6.45, 7) is 2.11. The number of carbonyl (C=O) groups excluding carboxylic acids is 1. The summed E-state index contributed by atoms with van der Waals surface area (Å²) in [4.78, 5) is 23.5. The molecule has 0 saturated carbocycles. The lowest BCUT2D eigenvalue weighted by molar-refractivity contribution is -0.137. The highest BCUT2D eigenvalue weighted by molar-refractivity contribution is 5.89. The van der Waals surface area contributed by atoms with Crippen LogP contribution < -0.4 is 5.32 Å². The van der Waals surface area contributed by atoms with Crippen LogP contribution in [0.15, 0.2) is 42.6 Å². The number of rotatable bonds is 5. The van der Waals surface area contributed by atoms with Gasteiger partial charge in [0.05, 0.1) is 12.2 Å². The number of aromatic nitrogens is 3. The quantitative estimate of drug-likeness (QED) is 0.657. The number of benzene rings is 1. The number of nitrogens with zero attached hydrogens (tertiary/aromatic N) is 4. The number of hydrogen-bond acceptors (Lipinski definition) is 4. The molecular formula is C21H22F3N5O2. The number of alkyl halides is 3. The number of anilines is 1. The zero-order chi connectivity index (χ0) is 22.0. The molecule has 0 radical (unpaired) electrons. The lowest BCUT2D eigenvalue weighted by atomic mass is 10.1. The summed E-state index contributed by atoms with van der Waals surface area (Å²) in [5, 5.41) is 2.67. The SMILES string of the molecule is COCCn1c([C@H]2CCN(C(=O)Nc3ccc(C(F)(F)F)cc3)C2)nc2cccnc21. The van der Waals surface area contributed by atoms with Crippen molar-refractivity contribution in [3.63, 3.8) is 0 Å². The van der Waals surface area contributed by atoms with Gasteiger partial charge in [0.2, 0.25) is 0 Å². The predicted octanol–water partition coefficient (Wildman–Crippen LogP) is 4.12. The number of likely N-dealkylation sites (tertiary alicyclic amines) is 1. The summed E-state index contributed by atoms with van der Waals surface area (Å²) in [6.07, 6.45) is -1.96. The minimum absolute atomic E-state index is 0.0319. The fourth-order valence-corrected chi connectivity index (χ4v) is 3.79. The average molecular weight is 433 g/mol. The normalized spacial score (nSPS) is 16.8. The number of ether oxygens (including phenoxy) is 1. The first-order valence-electron chi connectivity index (χ1n) is 9.90. The van der Waals surface area contributed by atoms with Gasteiger partial charge in [-0.15, -0.1) is 0 Å². The molecule has 0 spiro atoms. The molecule has 31 heavy (non-hydrogen) atoms. The van der Waals surface area contributed by atoms with Crippen molar-refractivity contribution in [2.45, 2.75) is 25.1 Å². The Morgan fingerprint density at radius 3 is 2.74 bits per heavy atom. The lowest BCUT2D eigenvalue weighted by Crippen LogP contribution is -2.33. The molecule has 3 aromatic rings. The van der Waals surface area contributed by atoms with E-state index in [9.17, 15) is 18.0 Å². The smallest absolute Gasteiger partial charge is 0.383 e. The van der Waals surface area contributed by atoms with Crippen LogP contribution in [-0.2, 0) is 17.5 Å². The van der Waals surface area contributed by atoms with Gasteiger partial charge in [-0.1, -0.05) is 0 Å². The molecule has 2 amide bonds. The molecule has 2 aromatic heterocycles. The van der Waals surface area contributed by atoms with Gasteiger partial charge in [0.1, 0.15) is 11.3 Å². The monoisotopic (exact) mass is 433 g/mol. The van der Waals surface area contributed by atoms with Gasteiger partial charge in [-0.05, 0) is 42.8 Å². The highest BCUT2D eigenvalue weighted by Gasteiger charge is 2.32. The minimum Gasteiger partial charge on any atom is -0.383 e. The Kier molecular flexibility index (Phi) is 5.81. The molecule has 1 aromatic carbocycles. The zero-order valence-corrected chi connectivity index (χ0v) is 16.9. The number of urea groups is 1. The fourth-order valence-electron chi connectivity index (χ4n) is 3.79. The van der Waals surface area contributed by atoms with Gasteiger partial charge < -0.3 is 19.5 Å². The summed E-state index contributed by atoms with van der Waals surface area (Å²) in [5.41, 5.74) is 1.14. The number of pyridine rings is 1. The third kappa shape index (κ3) is 4.48. The van der Waals surface area contributed by atoms with Crippen LogP contribution in [0.4, 0.5) is 23.7 Å². The van der Waals surface area contributed by atoms with E-state index >= 15 is 0 Å². The molecule has 7 nitrogen and oxygen atoms in total. The van der Waals surface area contributed by atoms with Gasteiger partial charge >= 0.3 is 12.2 Å². The first-order chi connectivity index (χ1) is 14.9. The van der Waals surface area contributed by atoms with Gasteiger partial charge in [-0.2, -0.15) is 13.2 Å². The van der Waals surface area contributed by atoms with Crippen molar-refractivity contribution in [1.29, 1.82) is 0 Å². The Morgan fingerprint density at radius 1 is 1.26 bits per heavy atom. The third-order valence-corrected chi connectivity index (χ3v) is 5.36. The lowest BCUT2D eigenvalue weighted by Gasteiger charge is -2.18. The standard InChI is InChI=1S/C21H22F3N5O2/c1-31-12-11-29-18(27-17-3-2-9-25-19(17)29)14-8-10-28(13-14)20(30)26-16-6-4-15(5-7-16)21(22,23)24/h2-7,9,14H,8,10-13H2,1H3,(H,26,30)/t14-/m0/s1. The summed E-state index contributed by atoms with van der Waals surface area (Å²) in [7, 11) is 1.63. The number of halogens is 3. The maximum atomic E-state index is 12.7. The van der Waals surface area contributed by atoms with E-state index < -0.39 is 11.7 Å². The van der Waals surface area contributed by atoms with E-state index in [1.165, 1.54) is 12.1 Å². The molecule has 1 saturated heterocycles. The van der Waals surface area contributed by atoms with E-state index in [1.807, 2.05) is 16.7 Å². The van der Waals surface area contributed by atoms with Crippen LogP contribution in [0.1, 0.15) is 23.7 Å². The third-order valence-electron chi connectivity index (χ3n) is 5.36. The van der Waals surface area contributed by atoms with Crippen molar-refractivity contribution in [2.24, 2.45) is 0 Å². The molecule has 164 valence electrons. The molecule has 4 rings (SSSR count). The molecule has 1 fully saturated rings. The van der Waals surface area contributed by atoms with Crippen molar-refractivity contribution >= 4 is 22.9 Å². The second kappa shape index (κ2) is 8.54. The van der Waals surface area contributed by atoms with Gasteiger partial charge in [-0.3, -0.25) is 0 Å². The predicted molar refractivity (Wildman–Crippen MR) is 109 cm³/mol. The van der Waals surface area contributed by atoms with E-state index in [0.29, 0.717) is 31.9 Å². The van der Waals surface area contributed by atoms with Crippen molar-refractivity contribution in [3.8, 4) is 0 Å². The van der Waals surface area contributed by atoms with E-state index in [2.05, 4.69) is 10.3 Å². The fraction of sp³-hybridized carbons (Fsp3) is 0.381. The van der Waals surface area contributed by atoms with Gasteiger partial charge in [-0.25, -0.2) is 14.8 Å². The molecule has 3 heterocycles. The number of carbonyl (C=O) groups is 1. The van der Waals surface area contributed by atoms with Crippen LogP contribution in [0.3, 0.4) is 0 Å². The number of methoxy groups -OCH3 is 1. The Balaban J connectivity index is 1.46. The van der Waals surface area contributed by atoms with E-state index in [4.69, 9.17) is 9.72 Å². The van der Waals surface area contributed by atoms with Crippen LogP contribution in [-0.4, -0.2) is 52.3 Å². The van der Waals surface area contributed by atoms with Crippen molar-refractivity contribution in [2.75, 3.05) is 32.1 Å². The first-order valence-corrected chi connectivity index (χ1v) is 9.90. The Morgan fingerprint density at radius 2 is 2.03 bits per heavy atom. The molecule has 0 aliphatic carbocycles. The topological polar surface area (TPSA) is 72.3 Å². The molecular weight excluding hydrogens is 411 g/mol. The molecule has 1 N–H and O–H groups in total. The molecule has 1 aliphatic heterocycles. The summed E-state index contributed by atoms with van der Waals surface area (Å²) < 4.78 is 45.4. The van der Waals surface area contributed by atoms with Gasteiger partial charge in [0.25, 0.3) is 0 Å². The van der Waals surface area contributed by atoms with Crippen LogP contribution in [0.25, 0.3) is 11.2 Å². The van der Waals surface area contributed by atoms with E-state index in [1.54, 1.807) is 18.2 Å². The van der Waals surface area contributed by atoms with Crippen LogP contribution >= 0.6 is 0 Å². The van der Waals surface area contributed by atoms with Crippen molar-refractivity contribution in [1.82, 2.24) is 19.4 Å². The molecule has 0 unspecified atom stereocenters. The first kappa shape index (κ1) is 21.1. The van der Waals surface area contributed by atoms with E-state index in [-0.39, 0.29) is 11.9 Å². The molecule has 0 bridgehead atoms. The Hall–Kier alpha value is -3.14. The van der Waals surface area contributed by atoms with Crippen LogP contribution in [0, 0.1) is 0 Å². The van der Waals surface area contributed by atoms with Crippen LogP contribution in [0.2, 0.25) is 0 Å². The minimum atomic E-state index is -4.41. The Bertz CT molecular complexity index is 1070. The maximum Gasteiger partial charge on any atom is 0.416 e. The second-order valence-electron chi connectivity index (χ2n) is 7.40. The number of imidazole rings is 1. The summed E-state index contributed by atoms with van der Waals surface area (Å²) >= 11 is 0. The van der Waals surface area contributed by atoms with Crippen molar-refractivity contribution < 1.29 is 22.7 Å². The number of fused-ring (bicyclic) bond motifs is 1. The molecule has 10 heteroatoms. The average Bonchev–Trinajstić information content (AvgIpc) is 3.37. The number of hydrogen-bond donors (Lipinski definition) is 1. The Labute approximate surface area is 176 Å². The number of amides is 2. The van der Waals surface area contributed by atoms with Crippen molar-refractivity contribution in [3.05, 3.63) is 54.0 Å².